The van der Waals surface area contributed by atoms with E-state index in [4.69, 9.17) is 19.2 Å². The summed E-state index contributed by atoms with van der Waals surface area (Å²) in [4.78, 5) is 35.2. The molecule has 0 spiro atoms. The highest BCUT2D eigenvalue weighted by Gasteiger charge is 2.36. The zero-order valence-corrected chi connectivity index (χ0v) is 25.6. The van der Waals surface area contributed by atoms with E-state index in [9.17, 15) is 9.59 Å². The second-order valence-corrected chi connectivity index (χ2v) is 10.8. The van der Waals surface area contributed by atoms with E-state index in [-0.39, 0.29) is 12.2 Å². The summed E-state index contributed by atoms with van der Waals surface area (Å²) < 4.78 is 19.1. The second-order valence-electron chi connectivity index (χ2n) is 9.80. The molecule has 42 heavy (non-hydrogen) atoms. The van der Waals surface area contributed by atoms with Crippen LogP contribution >= 0.6 is 11.3 Å². The van der Waals surface area contributed by atoms with Crippen molar-refractivity contribution in [3.63, 3.8) is 0 Å². The lowest BCUT2D eigenvalue weighted by Gasteiger charge is -2.27. The molecule has 0 aliphatic carbocycles. The molecule has 0 unspecified atom stereocenters. The third-order valence-corrected chi connectivity index (χ3v) is 8.56. The molecule has 0 N–H and O–H groups in total. The van der Waals surface area contributed by atoms with E-state index in [2.05, 4.69) is 18.7 Å². The van der Waals surface area contributed by atoms with Gasteiger partial charge in [0.05, 0.1) is 36.6 Å². The van der Waals surface area contributed by atoms with Gasteiger partial charge in [0.25, 0.3) is 5.56 Å². The zero-order valence-electron chi connectivity index (χ0n) is 24.8. The number of anilines is 1. The van der Waals surface area contributed by atoms with E-state index in [1.165, 1.54) is 11.3 Å². The smallest absolute Gasteiger partial charge is 0.338 e. The topological polar surface area (TPSA) is 82.4 Å². The molecule has 1 aliphatic heterocycles. The maximum absolute atomic E-state index is 14.3. The van der Waals surface area contributed by atoms with E-state index in [1.807, 2.05) is 60.7 Å². The van der Waals surface area contributed by atoms with Crippen LogP contribution in [0, 0.1) is 0 Å². The fraction of sp³-hybridized carbons (Fsp3) is 0.303. The number of thiazole rings is 1. The van der Waals surface area contributed by atoms with Crippen molar-refractivity contribution in [1.29, 1.82) is 0 Å². The molecular formula is C33H35N3O5S. The van der Waals surface area contributed by atoms with E-state index >= 15 is 0 Å². The Morgan fingerprint density at radius 2 is 1.76 bits per heavy atom. The van der Waals surface area contributed by atoms with Crippen molar-refractivity contribution < 1.29 is 19.0 Å². The van der Waals surface area contributed by atoms with Crippen LogP contribution in [0.2, 0.25) is 0 Å². The van der Waals surface area contributed by atoms with Crippen LogP contribution in [0.15, 0.2) is 75.7 Å². The second kappa shape index (κ2) is 12.2. The number of aromatic nitrogens is 1. The molecule has 1 atom stereocenters. The lowest BCUT2D eigenvalue weighted by atomic mass is 9.90. The molecule has 1 aromatic heterocycles. The molecule has 0 radical (unpaired) electrons. The average molecular weight is 586 g/mol. The molecule has 9 heteroatoms. The van der Waals surface area contributed by atoms with E-state index in [0.717, 1.165) is 35.1 Å². The average Bonchev–Trinajstić information content (AvgIpc) is 3.30. The molecule has 218 valence electrons. The van der Waals surface area contributed by atoms with Crippen molar-refractivity contribution in [2.75, 3.05) is 38.8 Å². The molecule has 3 aromatic carbocycles. The number of nitrogens with zero attached hydrogens (tertiary/aromatic N) is 3. The molecule has 0 saturated heterocycles. The quantitative estimate of drug-likeness (QED) is 0.262. The Morgan fingerprint density at radius 3 is 2.45 bits per heavy atom. The van der Waals surface area contributed by atoms with Gasteiger partial charge in [-0.25, -0.2) is 9.79 Å². The molecule has 0 amide bonds. The first-order valence-electron chi connectivity index (χ1n) is 14.0. The summed E-state index contributed by atoms with van der Waals surface area (Å²) in [6.45, 7) is 9.70. The van der Waals surface area contributed by atoms with E-state index in [0.29, 0.717) is 37.7 Å². The summed E-state index contributed by atoms with van der Waals surface area (Å²) in [7, 11) is 3.22. The van der Waals surface area contributed by atoms with Gasteiger partial charge in [0.1, 0.15) is 17.5 Å². The fourth-order valence-electron chi connectivity index (χ4n) is 5.55. The van der Waals surface area contributed by atoms with Crippen LogP contribution in [0.1, 0.15) is 44.9 Å². The molecule has 0 bridgehead atoms. The predicted octanol–water partition coefficient (Wildman–Crippen LogP) is 4.81. The SMILES string of the molecule is CCOC(=O)C1=C(C)N=c2sc(=Cc3ccc(N(CC)CC)cc3OC)c(=O)n2[C@@H]1c1c(OC)ccc2ccccc12. The third-order valence-electron chi connectivity index (χ3n) is 7.57. The maximum atomic E-state index is 14.3. The van der Waals surface area contributed by atoms with Crippen molar-refractivity contribution in [2.45, 2.75) is 33.7 Å². The monoisotopic (exact) mass is 585 g/mol. The van der Waals surface area contributed by atoms with Gasteiger partial charge in [0.15, 0.2) is 4.80 Å². The molecule has 0 fully saturated rings. The van der Waals surface area contributed by atoms with Crippen LogP contribution in [0.3, 0.4) is 0 Å². The molecule has 4 aromatic rings. The number of esters is 1. The zero-order chi connectivity index (χ0) is 30.0. The summed E-state index contributed by atoms with van der Waals surface area (Å²) in [6, 6.07) is 16.9. The first kappa shape index (κ1) is 29.1. The number of carbonyl (C=O) groups is 1. The largest absolute Gasteiger partial charge is 0.496 e. The first-order valence-corrected chi connectivity index (χ1v) is 14.9. The van der Waals surface area contributed by atoms with Gasteiger partial charge in [0, 0.05) is 36.0 Å². The molecule has 8 nitrogen and oxygen atoms in total. The molecule has 2 heterocycles. The summed E-state index contributed by atoms with van der Waals surface area (Å²) in [5, 5.41) is 1.84. The molecule has 1 aliphatic rings. The van der Waals surface area contributed by atoms with Crippen molar-refractivity contribution in [2.24, 2.45) is 4.99 Å². The first-order chi connectivity index (χ1) is 20.4. The minimum atomic E-state index is -0.796. The van der Waals surface area contributed by atoms with Gasteiger partial charge >= 0.3 is 5.97 Å². The van der Waals surface area contributed by atoms with Gasteiger partial charge < -0.3 is 19.1 Å². The van der Waals surface area contributed by atoms with Gasteiger partial charge in [-0.15, -0.1) is 0 Å². The fourth-order valence-corrected chi connectivity index (χ4v) is 6.58. The van der Waals surface area contributed by atoms with Gasteiger partial charge in [-0.3, -0.25) is 9.36 Å². The minimum Gasteiger partial charge on any atom is -0.496 e. The Balaban J connectivity index is 1.78. The van der Waals surface area contributed by atoms with Crippen molar-refractivity contribution >= 4 is 39.8 Å². The number of hydrogen-bond donors (Lipinski definition) is 0. The van der Waals surface area contributed by atoms with Crippen molar-refractivity contribution in [3.05, 3.63) is 96.7 Å². The molecule has 5 rings (SSSR count). The van der Waals surface area contributed by atoms with Crippen molar-refractivity contribution in [1.82, 2.24) is 4.57 Å². The van der Waals surface area contributed by atoms with Gasteiger partial charge in [0.2, 0.25) is 0 Å². The number of methoxy groups -OCH3 is 2. The van der Waals surface area contributed by atoms with Crippen LogP contribution in [0.4, 0.5) is 5.69 Å². The Labute approximate surface area is 248 Å². The summed E-state index contributed by atoms with van der Waals surface area (Å²) >= 11 is 1.28. The lowest BCUT2D eigenvalue weighted by molar-refractivity contribution is -0.139. The Bertz CT molecular complexity index is 1870. The van der Waals surface area contributed by atoms with Crippen LogP contribution in [0.25, 0.3) is 16.8 Å². The highest BCUT2D eigenvalue weighted by atomic mass is 32.1. The van der Waals surface area contributed by atoms with E-state index < -0.39 is 12.0 Å². The Morgan fingerprint density at radius 1 is 1.02 bits per heavy atom. The number of benzene rings is 3. The van der Waals surface area contributed by atoms with Crippen LogP contribution in [-0.2, 0) is 9.53 Å². The van der Waals surface area contributed by atoms with Crippen LogP contribution < -0.4 is 29.3 Å². The Hall–Kier alpha value is -4.37. The number of hydrogen-bond acceptors (Lipinski definition) is 8. The number of rotatable bonds is 9. The standard InChI is InChI=1S/C33H35N3O5S/c1-7-35(8-2)23-16-14-22(26(19-23)40-6)18-27-31(37)36-30(28(32(38)41-9-3)20(4)34-33(36)42-27)29-24-13-11-10-12-21(24)15-17-25(29)39-5/h10-19,30H,7-9H2,1-6H3/t30-/m0/s1. The summed E-state index contributed by atoms with van der Waals surface area (Å²) in [5.41, 5.74) is 3.09. The highest BCUT2D eigenvalue weighted by molar-refractivity contribution is 7.07. The van der Waals surface area contributed by atoms with Gasteiger partial charge in [-0.05, 0) is 62.7 Å². The van der Waals surface area contributed by atoms with Crippen LogP contribution in [0.5, 0.6) is 11.5 Å². The number of ether oxygens (including phenoxy) is 3. The normalized spacial score (nSPS) is 14.9. The minimum absolute atomic E-state index is 0.197. The molecule has 0 saturated carbocycles. The molecular weight excluding hydrogens is 550 g/mol. The predicted molar refractivity (Wildman–Crippen MR) is 167 cm³/mol. The van der Waals surface area contributed by atoms with E-state index in [1.54, 1.807) is 32.6 Å². The van der Waals surface area contributed by atoms with Crippen LogP contribution in [-0.4, -0.2) is 44.5 Å². The van der Waals surface area contributed by atoms with Gasteiger partial charge in [-0.1, -0.05) is 41.7 Å². The lowest BCUT2D eigenvalue weighted by Crippen LogP contribution is -2.40. The van der Waals surface area contributed by atoms with Gasteiger partial charge in [-0.2, -0.15) is 0 Å². The summed E-state index contributed by atoms with van der Waals surface area (Å²) in [5.74, 6) is 0.723. The van der Waals surface area contributed by atoms with Crippen molar-refractivity contribution in [3.8, 4) is 11.5 Å². The summed E-state index contributed by atoms with van der Waals surface area (Å²) in [6.07, 6.45) is 1.83. The number of fused-ring (bicyclic) bond motifs is 2. The Kier molecular flexibility index (Phi) is 8.49. The maximum Gasteiger partial charge on any atom is 0.338 e. The number of carbonyl (C=O) groups excluding carboxylic acids is 1. The highest BCUT2D eigenvalue weighted by Crippen LogP contribution is 2.40. The third kappa shape index (κ3) is 5.09. The number of allylic oxidation sites excluding steroid dienone is 1.